The zero-order valence-electron chi connectivity index (χ0n) is 9.53. The summed E-state index contributed by atoms with van der Waals surface area (Å²) in [5.74, 6) is -1.95. The fourth-order valence-corrected chi connectivity index (χ4v) is 1.21. The van der Waals surface area contributed by atoms with Crippen molar-refractivity contribution in [2.75, 3.05) is 0 Å². The zero-order valence-corrected chi connectivity index (χ0v) is 9.53. The lowest BCUT2D eigenvalue weighted by Gasteiger charge is -2.18. The average molecular weight is 230 g/mol. The Hall–Kier alpha value is -1.59. The SMILES string of the molecule is CC(C)C(NC(=O)CCCC(=O)O)C(N)=O. The number of carboxylic acids is 1. The highest BCUT2D eigenvalue weighted by atomic mass is 16.4. The van der Waals surface area contributed by atoms with Gasteiger partial charge in [0.2, 0.25) is 11.8 Å². The number of nitrogens with two attached hydrogens (primary N) is 1. The molecule has 0 aliphatic heterocycles. The van der Waals surface area contributed by atoms with Gasteiger partial charge in [0.05, 0.1) is 0 Å². The van der Waals surface area contributed by atoms with Gasteiger partial charge in [-0.25, -0.2) is 0 Å². The molecule has 0 bridgehead atoms. The monoisotopic (exact) mass is 230 g/mol. The minimum atomic E-state index is -0.942. The smallest absolute Gasteiger partial charge is 0.303 e. The minimum absolute atomic E-state index is 0.0592. The van der Waals surface area contributed by atoms with Gasteiger partial charge in [0.1, 0.15) is 6.04 Å². The molecule has 1 unspecified atom stereocenters. The van der Waals surface area contributed by atoms with Crippen LogP contribution in [0.5, 0.6) is 0 Å². The van der Waals surface area contributed by atoms with Crippen molar-refractivity contribution >= 4 is 17.8 Å². The molecule has 0 saturated carbocycles. The predicted molar refractivity (Wildman–Crippen MR) is 57.4 cm³/mol. The molecule has 6 heteroatoms. The second-order valence-corrected chi connectivity index (χ2v) is 3.94. The summed E-state index contributed by atoms with van der Waals surface area (Å²) in [5, 5.41) is 10.9. The van der Waals surface area contributed by atoms with E-state index in [0.717, 1.165) is 0 Å². The van der Waals surface area contributed by atoms with E-state index in [1.807, 2.05) is 0 Å². The summed E-state index contributed by atoms with van der Waals surface area (Å²) < 4.78 is 0. The van der Waals surface area contributed by atoms with Gasteiger partial charge in [-0.15, -0.1) is 0 Å². The van der Waals surface area contributed by atoms with Crippen molar-refractivity contribution in [3.63, 3.8) is 0 Å². The summed E-state index contributed by atoms with van der Waals surface area (Å²) in [7, 11) is 0. The van der Waals surface area contributed by atoms with Crippen molar-refractivity contribution in [3.8, 4) is 0 Å². The fourth-order valence-electron chi connectivity index (χ4n) is 1.21. The Morgan fingerprint density at radius 2 is 1.81 bits per heavy atom. The van der Waals surface area contributed by atoms with E-state index < -0.39 is 17.9 Å². The van der Waals surface area contributed by atoms with Crippen molar-refractivity contribution in [2.24, 2.45) is 11.7 Å². The van der Waals surface area contributed by atoms with Gasteiger partial charge in [0, 0.05) is 12.8 Å². The quantitative estimate of drug-likeness (QED) is 0.565. The fraction of sp³-hybridized carbons (Fsp3) is 0.700. The normalized spacial score (nSPS) is 12.2. The molecule has 92 valence electrons. The molecule has 0 aliphatic carbocycles. The number of rotatable bonds is 7. The summed E-state index contributed by atoms with van der Waals surface area (Å²) in [6.07, 6.45) is 0.282. The lowest BCUT2D eigenvalue weighted by Crippen LogP contribution is -2.47. The van der Waals surface area contributed by atoms with Crippen LogP contribution in [0.1, 0.15) is 33.1 Å². The Morgan fingerprint density at radius 1 is 1.25 bits per heavy atom. The molecule has 1 atom stereocenters. The molecule has 0 heterocycles. The number of aliphatic carboxylic acids is 1. The van der Waals surface area contributed by atoms with Gasteiger partial charge in [0.25, 0.3) is 0 Å². The van der Waals surface area contributed by atoms with Crippen LogP contribution in [0.25, 0.3) is 0 Å². The van der Waals surface area contributed by atoms with Crippen LogP contribution in [0.3, 0.4) is 0 Å². The number of nitrogens with one attached hydrogen (secondary N) is 1. The molecular formula is C10H18N2O4. The van der Waals surface area contributed by atoms with Crippen LogP contribution < -0.4 is 11.1 Å². The van der Waals surface area contributed by atoms with E-state index in [-0.39, 0.29) is 31.1 Å². The van der Waals surface area contributed by atoms with Crippen molar-refractivity contribution in [1.29, 1.82) is 0 Å². The van der Waals surface area contributed by atoms with Gasteiger partial charge in [-0.05, 0) is 12.3 Å². The van der Waals surface area contributed by atoms with Gasteiger partial charge < -0.3 is 16.2 Å². The first-order chi connectivity index (χ1) is 7.34. The van der Waals surface area contributed by atoms with Gasteiger partial charge >= 0.3 is 5.97 Å². The lowest BCUT2D eigenvalue weighted by atomic mass is 10.0. The molecule has 0 aromatic heterocycles. The molecular weight excluding hydrogens is 212 g/mol. The number of primary amides is 1. The topological polar surface area (TPSA) is 109 Å². The van der Waals surface area contributed by atoms with E-state index in [1.54, 1.807) is 13.8 Å². The Morgan fingerprint density at radius 3 is 2.19 bits per heavy atom. The Bertz CT molecular complexity index is 276. The van der Waals surface area contributed by atoms with Crippen molar-refractivity contribution in [3.05, 3.63) is 0 Å². The summed E-state index contributed by atoms with van der Waals surface area (Å²) in [5.41, 5.74) is 5.12. The highest BCUT2D eigenvalue weighted by molar-refractivity contribution is 5.86. The average Bonchev–Trinajstić information content (AvgIpc) is 2.12. The molecule has 0 aliphatic rings. The van der Waals surface area contributed by atoms with E-state index in [9.17, 15) is 14.4 Å². The molecule has 2 amide bonds. The van der Waals surface area contributed by atoms with Crippen molar-refractivity contribution in [2.45, 2.75) is 39.2 Å². The first-order valence-corrected chi connectivity index (χ1v) is 5.15. The Kier molecular flexibility index (Phi) is 6.14. The second kappa shape index (κ2) is 6.81. The zero-order chi connectivity index (χ0) is 12.7. The summed E-state index contributed by atoms with van der Waals surface area (Å²) in [6.45, 7) is 3.54. The molecule has 16 heavy (non-hydrogen) atoms. The summed E-state index contributed by atoms with van der Waals surface area (Å²) in [4.78, 5) is 32.5. The van der Waals surface area contributed by atoms with Crippen LogP contribution in [0, 0.1) is 5.92 Å². The van der Waals surface area contributed by atoms with Crippen LogP contribution in [-0.2, 0) is 14.4 Å². The third kappa shape index (κ3) is 6.00. The number of carbonyl (C=O) groups excluding carboxylic acids is 2. The highest BCUT2D eigenvalue weighted by Crippen LogP contribution is 2.02. The Balaban J connectivity index is 4.01. The standard InChI is InChI=1S/C10H18N2O4/c1-6(2)9(10(11)16)12-7(13)4-3-5-8(14)15/h6,9H,3-5H2,1-2H3,(H2,11,16)(H,12,13)(H,14,15). The highest BCUT2D eigenvalue weighted by Gasteiger charge is 2.21. The van der Waals surface area contributed by atoms with Crippen molar-refractivity contribution < 1.29 is 19.5 Å². The van der Waals surface area contributed by atoms with E-state index in [2.05, 4.69) is 5.32 Å². The molecule has 0 fully saturated rings. The van der Waals surface area contributed by atoms with Crippen LogP contribution >= 0.6 is 0 Å². The minimum Gasteiger partial charge on any atom is -0.481 e. The number of amides is 2. The number of carboxylic acid groups (broad SMARTS) is 1. The first-order valence-electron chi connectivity index (χ1n) is 5.15. The maximum absolute atomic E-state index is 11.3. The third-order valence-electron chi connectivity index (χ3n) is 2.08. The largest absolute Gasteiger partial charge is 0.481 e. The predicted octanol–water partition coefficient (Wildman–Crippen LogP) is -0.133. The van der Waals surface area contributed by atoms with E-state index in [0.29, 0.717) is 0 Å². The molecule has 0 spiro atoms. The van der Waals surface area contributed by atoms with Gasteiger partial charge in [-0.3, -0.25) is 14.4 Å². The van der Waals surface area contributed by atoms with Crippen LogP contribution in [-0.4, -0.2) is 28.9 Å². The second-order valence-electron chi connectivity index (χ2n) is 3.94. The first kappa shape index (κ1) is 14.4. The molecule has 0 aromatic carbocycles. The lowest BCUT2D eigenvalue weighted by molar-refractivity contribution is -0.137. The van der Waals surface area contributed by atoms with Gasteiger partial charge in [-0.1, -0.05) is 13.8 Å². The van der Waals surface area contributed by atoms with Crippen LogP contribution in [0.2, 0.25) is 0 Å². The van der Waals surface area contributed by atoms with E-state index in [1.165, 1.54) is 0 Å². The number of carbonyl (C=O) groups is 3. The number of hydrogen-bond donors (Lipinski definition) is 3. The number of hydrogen-bond acceptors (Lipinski definition) is 3. The van der Waals surface area contributed by atoms with Crippen LogP contribution in [0.4, 0.5) is 0 Å². The van der Waals surface area contributed by atoms with Gasteiger partial charge in [-0.2, -0.15) is 0 Å². The molecule has 0 saturated heterocycles. The van der Waals surface area contributed by atoms with Gasteiger partial charge in [0.15, 0.2) is 0 Å². The molecule has 4 N–H and O–H groups in total. The van der Waals surface area contributed by atoms with Crippen LogP contribution in [0.15, 0.2) is 0 Å². The summed E-state index contributed by atoms with van der Waals surface area (Å²) in [6, 6.07) is -0.697. The van der Waals surface area contributed by atoms with Crippen molar-refractivity contribution in [1.82, 2.24) is 5.32 Å². The molecule has 0 radical (unpaired) electrons. The van der Waals surface area contributed by atoms with E-state index in [4.69, 9.17) is 10.8 Å². The molecule has 0 rings (SSSR count). The molecule has 0 aromatic rings. The van der Waals surface area contributed by atoms with E-state index >= 15 is 0 Å². The molecule has 6 nitrogen and oxygen atoms in total. The maximum atomic E-state index is 11.3. The third-order valence-corrected chi connectivity index (χ3v) is 2.08. The summed E-state index contributed by atoms with van der Waals surface area (Å²) >= 11 is 0. The maximum Gasteiger partial charge on any atom is 0.303 e. The Labute approximate surface area is 94.2 Å².